The molecule has 0 unspecified atom stereocenters. The van der Waals surface area contributed by atoms with Gasteiger partial charge in [-0.05, 0) is 61.1 Å². The van der Waals surface area contributed by atoms with E-state index in [0.717, 1.165) is 24.3 Å². The van der Waals surface area contributed by atoms with Crippen molar-refractivity contribution in [1.82, 2.24) is 25.2 Å². The van der Waals surface area contributed by atoms with Crippen molar-refractivity contribution in [3.8, 4) is 5.88 Å². The second kappa shape index (κ2) is 15.0. The Balaban J connectivity index is 1.42. The number of hydrogen-bond donors (Lipinski definition) is 2. The minimum atomic E-state index is -4.80. The van der Waals surface area contributed by atoms with Gasteiger partial charge in [0.2, 0.25) is 5.88 Å². The molecule has 2 N–H and O–H groups in total. The van der Waals surface area contributed by atoms with E-state index in [1.54, 1.807) is 0 Å². The summed E-state index contributed by atoms with van der Waals surface area (Å²) in [6, 6.07) is 7.28. The fraction of sp³-hybridized carbons (Fsp3) is 0.394. The van der Waals surface area contributed by atoms with Crippen LogP contribution in [0, 0.1) is 11.7 Å². The van der Waals surface area contributed by atoms with E-state index in [2.05, 4.69) is 20.6 Å². The molecule has 1 saturated carbocycles. The number of alkyl halides is 8. The second-order valence-corrected chi connectivity index (χ2v) is 12.4. The molecule has 1 aliphatic carbocycles. The van der Waals surface area contributed by atoms with Gasteiger partial charge in [0.25, 0.3) is 18.2 Å². The zero-order valence-electron chi connectivity index (χ0n) is 26.6. The predicted molar refractivity (Wildman–Crippen MR) is 166 cm³/mol. The Bertz CT molecular complexity index is 1900. The average Bonchev–Trinajstić information content (AvgIpc) is 3.34. The molecule has 0 atom stereocenters. The van der Waals surface area contributed by atoms with Crippen LogP contribution >= 0.6 is 11.6 Å². The molecule has 8 nitrogen and oxygen atoms in total. The van der Waals surface area contributed by atoms with E-state index < -0.39 is 78.4 Å². The van der Waals surface area contributed by atoms with Crippen molar-refractivity contribution in [2.45, 2.75) is 63.5 Å². The smallest absolute Gasteiger partial charge is 0.416 e. The first-order valence-corrected chi connectivity index (χ1v) is 15.9. The maximum absolute atomic E-state index is 14.2. The minimum Gasteiger partial charge on any atom is -0.471 e. The standard InChI is InChI=1S/C33H29ClF9N5O3/c1-48-26(12-17-11-16(5-10-21(17)33(41,42)43)14-44-30(50)27-22(34)3-2-4-23(27)35)46-24-13-20(31(47-28(24)48)51-15-25(36)37)29(49)45-19-8-6-18(7-9-19)32(38,39)40/h2-5,10-11,13,18-19,25H,6-9,12,14-15H2,1H3,(H,44,50)(H,45,49). The number of hydrogen-bond acceptors (Lipinski definition) is 5. The number of nitrogens with zero attached hydrogens (tertiary/aromatic N) is 3. The van der Waals surface area contributed by atoms with E-state index in [1.165, 1.54) is 29.8 Å². The van der Waals surface area contributed by atoms with Crippen LogP contribution < -0.4 is 15.4 Å². The third-order valence-electron chi connectivity index (χ3n) is 8.48. The number of aromatic nitrogens is 3. The molecule has 51 heavy (non-hydrogen) atoms. The summed E-state index contributed by atoms with van der Waals surface area (Å²) in [7, 11) is 1.41. The molecule has 2 amide bonds. The number of aryl methyl sites for hydroxylation is 1. The Kier molecular flexibility index (Phi) is 11.1. The third kappa shape index (κ3) is 8.86. The van der Waals surface area contributed by atoms with Crippen molar-refractivity contribution < 1.29 is 53.8 Å². The molecule has 274 valence electrons. The van der Waals surface area contributed by atoms with Gasteiger partial charge < -0.3 is 19.9 Å². The minimum absolute atomic E-state index is 0.00145. The van der Waals surface area contributed by atoms with Crippen LogP contribution in [0.1, 0.15) is 68.9 Å². The molecule has 4 aromatic rings. The van der Waals surface area contributed by atoms with Crippen molar-refractivity contribution in [2.75, 3.05) is 6.61 Å². The largest absolute Gasteiger partial charge is 0.471 e. The Morgan fingerprint density at radius 1 is 1.00 bits per heavy atom. The lowest BCUT2D eigenvalue weighted by Crippen LogP contribution is -2.40. The van der Waals surface area contributed by atoms with Crippen molar-refractivity contribution in [3.05, 3.63) is 86.9 Å². The lowest BCUT2D eigenvalue weighted by atomic mass is 9.85. The number of carbonyl (C=O) groups excluding carboxylic acids is 2. The summed E-state index contributed by atoms with van der Waals surface area (Å²) in [5, 5.41) is 4.87. The highest BCUT2D eigenvalue weighted by atomic mass is 35.5. The Morgan fingerprint density at radius 2 is 1.71 bits per heavy atom. The van der Waals surface area contributed by atoms with Gasteiger partial charge in [0.15, 0.2) is 12.3 Å². The number of ether oxygens (including phenoxy) is 1. The number of carbonyl (C=O) groups is 2. The molecule has 2 heterocycles. The average molecular weight is 750 g/mol. The first kappa shape index (κ1) is 37.7. The van der Waals surface area contributed by atoms with Gasteiger partial charge in [0, 0.05) is 26.1 Å². The van der Waals surface area contributed by atoms with Crippen molar-refractivity contribution >= 4 is 34.6 Å². The molecule has 2 aromatic carbocycles. The molecular formula is C33H29ClF9N5O3. The number of pyridine rings is 1. The van der Waals surface area contributed by atoms with Crippen LogP contribution in [0.3, 0.4) is 0 Å². The summed E-state index contributed by atoms with van der Waals surface area (Å²) in [4.78, 5) is 34.4. The molecule has 0 bridgehead atoms. The summed E-state index contributed by atoms with van der Waals surface area (Å²) < 4.78 is 128. The number of imidazole rings is 1. The quantitative estimate of drug-likeness (QED) is 0.161. The monoisotopic (exact) mass is 749 g/mol. The molecule has 0 radical (unpaired) electrons. The first-order valence-electron chi connectivity index (χ1n) is 15.5. The number of rotatable bonds is 10. The van der Waals surface area contributed by atoms with Crippen LogP contribution in [0.5, 0.6) is 5.88 Å². The van der Waals surface area contributed by atoms with Crippen LogP contribution in [0.15, 0.2) is 42.5 Å². The highest BCUT2D eigenvalue weighted by Crippen LogP contribution is 2.38. The molecule has 2 aromatic heterocycles. The predicted octanol–water partition coefficient (Wildman–Crippen LogP) is 7.80. The van der Waals surface area contributed by atoms with Crippen LogP contribution in [-0.4, -0.2) is 51.6 Å². The molecule has 18 heteroatoms. The lowest BCUT2D eigenvalue weighted by Gasteiger charge is -2.30. The van der Waals surface area contributed by atoms with Gasteiger partial charge in [-0.1, -0.05) is 29.8 Å². The van der Waals surface area contributed by atoms with Gasteiger partial charge in [-0.25, -0.2) is 18.2 Å². The molecule has 1 fully saturated rings. The van der Waals surface area contributed by atoms with Gasteiger partial charge in [0.1, 0.15) is 22.7 Å². The Morgan fingerprint density at radius 3 is 2.33 bits per heavy atom. The second-order valence-electron chi connectivity index (χ2n) is 12.0. The highest BCUT2D eigenvalue weighted by molar-refractivity contribution is 6.33. The van der Waals surface area contributed by atoms with Gasteiger partial charge >= 0.3 is 12.4 Å². The van der Waals surface area contributed by atoms with E-state index in [0.29, 0.717) is 0 Å². The molecule has 0 aliphatic heterocycles. The van der Waals surface area contributed by atoms with E-state index in [-0.39, 0.29) is 70.9 Å². The van der Waals surface area contributed by atoms with Gasteiger partial charge in [-0.15, -0.1) is 0 Å². The maximum Gasteiger partial charge on any atom is 0.416 e. The SMILES string of the molecule is Cn1c(Cc2cc(CNC(=O)c3c(F)cccc3Cl)ccc2C(F)(F)F)nc2cc(C(=O)NC3CCC(C(F)(F)F)CC3)c(OCC(F)F)nc21. The Labute approximate surface area is 289 Å². The number of benzene rings is 2. The van der Waals surface area contributed by atoms with E-state index in [9.17, 15) is 49.1 Å². The van der Waals surface area contributed by atoms with Crippen LogP contribution in [0.4, 0.5) is 39.5 Å². The van der Waals surface area contributed by atoms with E-state index >= 15 is 0 Å². The summed E-state index contributed by atoms with van der Waals surface area (Å²) in [6.45, 7) is -1.44. The number of halogens is 10. The van der Waals surface area contributed by atoms with Gasteiger partial charge in [0.05, 0.1) is 22.1 Å². The zero-order chi connectivity index (χ0) is 37.2. The highest BCUT2D eigenvalue weighted by Gasteiger charge is 2.42. The van der Waals surface area contributed by atoms with Crippen LogP contribution in [0.2, 0.25) is 5.02 Å². The van der Waals surface area contributed by atoms with Crippen LogP contribution in [-0.2, 0) is 26.2 Å². The number of amides is 2. The summed E-state index contributed by atoms with van der Waals surface area (Å²) in [5.74, 6) is -4.65. The normalized spacial score (nSPS) is 16.8. The maximum atomic E-state index is 14.2. The lowest BCUT2D eigenvalue weighted by molar-refractivity contribution is -0.182. The first-order chi connectivity index (χ1) is 23.9. The van der Waals surface area contributed by atoms with Crippen molar-refractivity contribution in [2.24, 2.45) is 13.0 Å². The summed E-state index contributed by atoms with van der Waals surface area (Å²) in [6.07, 6.45) is -13.0. The fourth-order valence-electron chi connectivity index (χ4n) is 5.88. The number of fused-ring (bicyclic) bond motifs is 1. The van der Waals surface area contributed by atoms with E-state index in [4.69, 9.17) is 16.3 Å². The molecule has 0 spiro atoms. The van der Waals surface area contributed by atoms with Gasteiger partial charge in [-0.2, -0.15) is 31.3 Å². The molecular weight excluding hydrogens is 721 g/mol. The summed E-state index contributed by atoms with van der Waals surface area (Å²) in [5.41, 5.74) is -1.85. The molecule has 5 rings (SSSR count). The van der Waals surface area contributed by atoms with Crippen molar-refractivity contribution in [3.63, 3.8) is 0 Å². The zero-order valence-corrected chi connectivity index (χ0v) is 27.3. The fourth-order valence-corrected chi connectivity index (χ4v) is 6.13. The van der Waals surface area contributed by atoms with Crippen LogP contribution in [0.25, 0.3) is 11.2 Å². The molecule has 1 aliphatic rings. The third-order valence-corrected chi connectivity index (χ3v) is 8.80. The van der Waals surface area contributed by atoms with Crippen molar-refractivity contribution in [1.29, 1.82) is 0 Å². The Hall–Kier alpha value is -4.54. The number of nitrogens with one attached hydrogen (secondary N) is 2. The molecule has 0 saturated heterocycles. The summed E-state index contributed by atoms with van der Waals surface area (Å²) >= 11 is 5.93. The topological polar surface area (TPSA) is 98.1 Å². The van der Waals surface area contributed by atoms with E-state index in [1.807, 2.05) is 0 Å². The van der Waals surface area contributed by atoms with Gasteiger partial charge in [-0.3, -0.25) is 9.59 Å².